The molecule has 3 aromatic carbocycles. The van der Waals surface area contributed by atoms with Gasteiger partial charge in [-0.1, -0.05) is 17.7 Å². The van der Waals surface area contributed by atoms with E-state index < -0.39 is 11.9 Å². The maximum atomic E-state index is 12.5. The summed E-state index contributed by atoms with van der Waals surface area (Å²) in [6, 6.07) is 16.4. The molecule has 0 saturated heterocycles. The molecule has 0 N–H and O–H groups in total. The number of esters is 2. The first-order valence-electron chi connectivity index (χ1n) is 11.5. The number of benzene rings is 3. The zero-order valence-corrected chi connectivity index (χ0v) is 21.2. The van der Waals surface area contributed by atoms with Crippen molar-refractivity contribution in [3.05, 3.63) is 88.1 Å². The van der Waals surface area contributed by atoms with Crippen LogP contribution < -0.4 is 18.9 Å². The van der Waals surface area contributed by atoms with Crippen LogP contribution in [0.15, 0.2) is 71.4 Å². The van der Waals surface area contributed by atoms with Crippen LogP contribution in [0.1, 0.15) is 35.3 Å². The van der Waals surface area contributed by atoms with Crippen LogP contribution in [-0.2, 0) is 9.53 Å². The lowest BCUT2D eigenvalue weighted by Crippen LogP contribution is -2.09. The van der Waals surface area contributed by atoms with Crippen molar-refractivity contribution in [1.82, 2.24) is 0 Å². The van der Waals surface area contributed by atoms with Crippen LogP contribution >= 0.6 is 11.6 Å². The summed E-state index contributed by atoms with van der Waals surface area (Å²) in [6.45, 7) is 4.70. The van der Waals surface area contributed by atoms with Gasteiger partial charge in [-0.15, -0.1) is 0 Å². The Morgan fingerprint density at radius 3 is 2.32 bits per heavy atom. The smallest absolute Gasteiger partial charge is 0.363 e. The van der Waals surface area contributed by atoms with Crippen molar-refractivity contribution in [2.75, 3.05) is 20.3 Å². The highest BCUT2D eigenvalue weighted by Crippen LogP contribution is 2.32. The number of aliphatic imine (C=N–C) groups is 1. The first kappa shape index (κ1) is 25.8. The monoisotopic (exact) mass is 521 g/mol. The zero-order valence-electron chi connectivity index (χ0n) is 20.4. The molecular weight excluding hydrogens is 498 g/mol. The van der Waals surface area contributed by atoms with Gasteiger partial charge in [-0.25, -0.2) is 14.6 Å². The first-order valence-corrected chi connectivity index (χ1v) is 11.9. The van der Waals surface area contributed by atoms with Gasteiger partial charge in [0.1, 0.15) is 0 Å². The van der Waals surface area contributed by atoms with Gasteiger partial charge in [0.15, 0.2) is 28.7 Å². The number of ether oxygens (including phenoxy) is 5. The lowest BCUT2D eigenvalue weighted by Gasteiger charge is -2.11. The third-order valence-electron chi connectivity index (χ3n) is 5.18. The molecule has 4 rings (SSSR count). The Hall–Kier alpha value is -4.30. The van der Waals surface area contributed by atoms with Gasteiger partial charge in [0.25, 0.3) is 0 Å². The molecular formula is C28H24ClNO7. The van der Waals surface area contributed by atoms with Gasteiger partial charge in [0.05, 0.1) is 25.9 Å². The number of methoxy groups -OCH3 is 1. The summed E-state index contributed by atoms with van der Waals surface area (Å²) >= 11 is 5.87. The Morgan fingerprint density at radius 2 is 1.62 bits per heavy atom. The van der Waals surface area contributed by atoms with Crippen molar-refractivity contribution in [3.63, 3.8) is 0 Å². The van der Waals surface area contributed by atoms with Gasteiger partial charge in [-0.3, -0.25) is 0 Å². The topological polar surface area (TPSA) is 92.7 Å². The molecule has 0 saturated carbocycles. The van der Waals surface area contributed by atoms with E-state index in [1.165, 1.54) is 7.11 Å². The molecule has 0 aromatic heterocycles. The van der Waals surface area contributed by atoms with E-state index >= 15 is 0 Å². The largest absolute Gasteiger partial charge is 0.493 e. The molecule has 0 aliphatic carbocycles. The van der Waals surface area contributed by atoms with Crippen molar-refractivity contribution in [2.24, 2.45) is 4.99 Å². The van der Waals surface area contributed by atoms with Crippen LogP contribution in [0.2, 0.25) is 5.02 Å². The third-order valence-corrected chi connectivity index (χ3v) is 5.44. The van der Waals surface area contributed by atoms with Crippen LogP contribution in [-0.4, -0.2) is 38.2 Å². The Morgan fingerprint density at radius 1 is 0.919 bits per heavy atom. The van der Waals surface area contributed by atoms with Crippen molar-refractivity contribution in [3.8, 4) is 23.0 Å². The van der Waals surface area contributed by atoms with Crippen LogP contribution in [0.3, 0.4) is 0 Å². The molecule has 37 heavy (non-hydrogen) atoms. The molecule has 0 fully saturated rings. The quantitative estimate of drug-likeness (QED) is 0.202. The number of carbonyl (C=O) groups excluding carboxylic acids is 2. The van der Waals surface area contributed by atoms with E-state index in [1.807, 2.05) is 13.8 Å². The van der Waals surface area contributed by atoms with Crippen molar-refractivity contribution in [1.29, 1.82) is 0 Å². The molecule has 9 heteroatoms. The van der Waals surface area contributed by atoms with Gasteiger partial charge in [0, 0.05) is 10.6 Å². The minimum Gasteiger partial charge on any atom is -0.493 e. The molecule has 0 atom stereocenters. The maximum absolute atomic E-state index is 12.5. The number of carbonyl (C=O) groups is 2. The summed E-state index contributed by atoms with van der Waals surface area (Å²) in [6.07, 6.45) is 1.56. The standard InChI is InChI=1S/C28H24ClNO7/c1-4-34-22-13-9-19(16-25(22)35-5-2)26-30-21(28(32)37-26)14-17-6-12-23(24(15-17)33-3)36-27(31)18-7-10-20(29)11-8-18/h6-16H,4-5H2,1-3H3/b21-14-. The fourth-order valence-corrected chi connectivity index (χ4v) is 3.60. The first-order chi connectivity index (χ1) is 17.9. The molecule has 190 valence electrons. The second-order valence-corrected chi connectivity index (χ2v) is 8.11. The van der Waals surface area contributed by atoms with E-state index in [-0.39, 0.29) is 17.3 Å². The molecule has 0 unspecified atom stereocenters. The van der Waals surface area contributed by atoms with Crippen molar-refractivity contribution in [2.45, 2.75) is 13.8 Å². The lowest BCUT2D eigenvalue weighted by atomic mass is 10.1. The van der Waals surface area contributed by atoms with E-state index in [0.717, 1.165) is 0 Å². The number of rotatable bonds is 9. The average molecular weight is 522 g/mol. The fraction of sp³-hybridized carbons (Fsp3) is 0.179. The number of hydrogen-bond acceptors (Lipinski definition) is 8. The number of hydrogen-bond donors (Lipinski definition) is 0. The highest BCUT2D eigenvalue weighted by molar-refractivity contribution is 6.30. The summed E-state index contributed by atoms with van der Waals surface area (Å²) in [4.78, 5) is 29.3. The van der Waals surface area contributed by atoms with Gasteiger partial charge < -0.3 is 23.7 Å². The van der Waals surface area contributed by atoms with E-state index in [1.54, 1.807) is 66.7 Å². The molecule has 1 aliphatic rings. The highest BCUT2D eigenvalue weighted by atomic mass is 35.5. The summed E-state index contributed by atoms with van der Waals surface area (Å²) < 4.78 is 27.5. The number of nitrogens with zero attached hydrogens (tertiary/aromatic N) is 1. The van der Waals surface area contributed by atoms with E-state index in [9.17, 15) is 9.59 Å². The minimum atomic E-state index is -0.598. The summed E-state index contributed by atoms with van der Waals surface area (Å²) in [5.74, 6) is 0.654. The van der Waals surface area contributed by atoms with Crippen LogP contribution in [0.4, 0.5) is 0 Å². The zero-order chi connectivity index (χ0) is 26.4. The maximum Gasteiger partial charge on any atom is 0.363 e. The average Bonchev–Trinajstić information content (AvgIpc) is 3.26. The molecule has 0 radical (unpaired) electrons. The predicted octanol–water partition coefficient (Wildman–Crippen LogP) is 5.71. The fourth-order valence-electron chi connectivity index (χ4n) is 3.48. The Balaban J connectivity index is 1.56. The van der Waals surface area contributed by atoms with Gasteiger partial charge in [-0.05, 0) is 80.1 Å². The van der Waals surface area contributed by atoms with E-state index in [4.69, 9.17) is 35.3 Å². The second kappa shape index (κ2) is 11.6. The Kier molecular flexibility index (Phi) is 8.10. The molecule has 1 heterocycles. The SMILES string of the molecule is CCOc1ccc(C2=N/C(=C\c3ccc(OC(=O)c4ccc(Cl)cc4)c(OC)c3)C(=O)O2)cc1OCC. The van der Waals surface area contributed by atoms with Crippen LogP contribution in [0.25, 0.3) is 6.08 Å². The van der Waals surface area contributed by atoms with Crippen molar-refractivity contribution < 1.29 is 33.3 Å². The minimum absolute atomic E-state index is 0.106. The molecule has 3 aromatic rings. The van der Waals surface area contributed by atoms with Gasteiger partial charge >= 0.3 is 11.9 Å². The molecule has 1 aliphatic heterocycles. The van der Waals surface area contributed by atoms with Gasteiger partial charge in [-0.2, -0.15) is 0 Å². The summed E-state index contributed by atoms with van der Waals surface area (Å²) in [5.41, 5.74) is 1.62. The molecule has 0 spiro atoms. The van der Waals surface area contributed by atoms with Crippen LogP contribution in [0.5, 0.6) is 23.0 Å². The van der Waals surface area contributed by atoms with E-state index in [0.29, 0.717) is 52.2 Å². The summed E-state index contributed by atoms with van der Waals surface area (Å²) in [7, 11) is 1.45. The van der Waals surface area contributed by atoms with Crippen LogP contribution in [0, 0.1) is 0 Å². The molecule has 8 nitrogen and oxygen atoms in total. The summed E-state index contributed by atoms with van der Waals surface area (Å²) in [5, 5.41) is 0.514. The predicted molar refractivity (Wildman–Crippen MR) is 139 cm³/mol. The van der Waals surface area contributed by atoms with Gasteiger partial charge in [0.2, 0.25) is 5.90 Å². The normalized spacial score (nSPS) is 13.7. The second-order valence-electron chi connectivity index (χ2n) is 7.67. The number of cyclic esters (lactones) is 1. The van der Waals surface area contributed by atoms with E-state index in [2.05, 4.69) is 4.99 Å². The van der Waals surface area contributed by atoms with Crippen molar-refractivity contribution >= 4 is 35.5 Å². The molecule has 0 amide bonds. The lowest BCUT2D eigenvalue weighted by molar-refractivity contribution is -0.129. The Labute approximate surface area is 219 Å². The highest BCUT2D eigenvalue weighted by Gasteiger charge is 2.25. The molecule has 0 bridgehead atoms. The Bertz CT molecular complexity index is 1380. The number of halogens is 1. The third kappa shape index (κ3) is 6.10.